The third-order valence-electron chi connectivity index (χ3n) is 5.61. The van der Waals surface area contributed by atoms with Gasteiger partial charge in [0.25, 0.3) is 0 Å². The molecule has 1 N–H and O–H groups in total. The van der Waals surface area contributed by atoms with Crippen LogP contribution < -0.4 is 0 Å². The lowest BCUT2D eigenvalue weighted by Crippen LogP contribution is -2.53. The molecule has 2 heterocycles. The maximum atomic E-state index is 13.2. The van der Waals surface area contributed by atoms with E-state index in [1.165, 1.54) is 0 Å². The lowest BCUT2D eigenvalue weighted by atomic mass is 9.85. The van der Waals surface area contributed by atoms with E-state index in [1.54, 1.807) is 6.92 Å². The predicted molar refractivity (Wildman–Crippen MR) is 102 cm³/mol. The first-order valence-corrected chi connectivity index (χ1v) is 11.4. The van der Waals surface area contributed by atoms with Crippen molar-refractivity contribution in [3.63, 3.8) is 0 Å². The third-order valence-corrected chi connectivity index (χ3v) is 7.79. The van der Waals surface area contributed by atoms with Gasteiger partial charge in [0.2, 0.25) is 5.91 Å². The summed E-state index contributed by atoms with van der Waals surface area (Å²) in [7, 11) is -4.00. The number of benzene rings is 1. The van der Waals surface area contributed by atoms with Crippen molar-refractivity contribution in [3.05, 3.63) is 34.9 Å². The molecule has 1 amide bonds. The zero-order valence-electron chi connectivity index (χ0n) is 15.3. The first-order valence-electron chi connectivity index (χ1n) is 9.42. The van der Waals surface area contributed by atoms with Crippen molar-refractivity contribution in [1.29, 1.82) is 0 Å². The molecule has 2 aliphatic rings. The van der Waals surface area contributed by atoms with Gasteiger partial charge in [-0.3, -0.25) is 9.36 Å². The van der Waals surface area contributed by atoms with Gasteiger partial charge in [0.05, 0.1) is 12.1 Å². The van der Waals surface area contributed by atoms with E-state index in [-0.39, 0.29) is 24.1 Å². The molecular weight excluding hydrogens is 373 g/mol. The van der Waals surface area contributed by atoms with Crippen LogP contribution >= 0.6 is 19.2 Å². The second-order valence-electron chi connectivity index (χ2n) is 7.38. The Bertz CT molecular complexity index is 695. The number of carbonyl (C=O) groups excluding carboxylic acids is 1. The van der Waals surface area contributed by atoms with Gasteiger partial charge in [-0.1, -0.05) is 30.7 Å². The number of hydrogen-bond acceptors (Lipinski definition) is 3. The van der Waals surface area contributed by atoms with Gasteiger partial charge in [-0.15, -0.1) is 0 Å². The minimum Gasteiger partial charge on any atom is -0.332 e. The number of piperidine rings is 2. The molecule has 0 saturated carbocycles. The van der Waals surface area contributed by atoms with E-state index in [4.69, 9.17) is 16.1 Å². The average molecular weight is 400 g/mol. The molecule has 0 aliphatic carbocycles. The minimum atomic E-state index is -4.00. The van der Waals surface area contributed by atoms with Gasteiger partial charge in [-0.25, -0.2) is 0 Å². The fourth-order valence-electron chi connectivity index (χ4n) is 4.06. The smallest absolute Gasteiger partial charge is 0.332 e. The van der Waals surface area contributed by atoms with Crippen LogP contribution in [0.4, 0.5) is 0 Å². The molecule has 7 heteroatoms. The van der Waals surface area contributed by atoms with Crippen molar-refractivity contribution in [3.8, 4) is 0 Å². The van der Waals surface area contributed by atoms with Gasteiger partial charge in [-0.05, 0) is 63.1 Å². The van der Waals surface area contributed by atoms with E-state index < -0.39 is 13.3 Å². The van der Waals surface area contributed by atoms with Crippen molar-refractivity contribution in [2.75, 3.05) is 0 Å². The maximum Gasteiger partial charge on any atom is 0.340 e. The number of carbonyl (C=O) groups is 1. The Morgan fingerprint density at radius 1 is 1.27 bits per heavy atom. The number of hydrogen-bond donors (Lipinski definition) is 1. The predicted octanol–water partition coefficient (Wildman–Crippen LogP) is 4.93. The number of rotatable bonds is 5. The molecule has 2 saturated heterocycles. The standard InChI is InChI=1S/C19H27ClNO4P/c1-3-13(2)25-26(23,24)18-12-11-16-5-4-6-17(21(16)19(18)22)14-7-9-15(20)10-8-14/h7-10,13,16-18H,3-6,11-12H2,1-2H3,(H,23,24)/t13?,16-,17+,18?/m1/s1. The molecule has 2 fully saturated rings. The van der Waals surface area contributed by atoms with E-state index in [1.807, 2.05) is 36.1 Å². The summed E-state index contributed by atoms with van der Waals surface area (Å²) in [6, 6.07) is 7.62. The summed E-state index contributed by atoms with van der Waals surface area (Å²) < 4.78 is 18.2. The molecule has 3 unspecified atom stereocenters. The Hall–Kier alpha value is -0.870. The number of halogens is 1. The molecule has 5 atom stereocenters. The largest absolute Gasteiger partial charge is 0.340 e. The van der Waals surface area contributed by atoms with Gasteiger partial charge in [0.1, 0.15) is 5.66 Å². The van der Waals surface area contributed by atoms with Crippen LogP contribution in [-0.2, 0) is 13.9 Å². The molecule has 2 aliphatic heterocycles. The van der Waals surface area contributed by atoms with Crippen LogP contribution in [0.1, 0.15) is 64.0 Å². The topological polar surface area (TPSA) is 66.8 Å². The highest BCUT2D eigenvalue weighted by atomic mass is 35.5. The second-order valence-corrected chi connectivity index (χ2v) is 9.78. The second kappa shape index (κ2) is 8.02. The fraction of sp³-hybridized carbons (Fsp3) is 0.632. The number of nitrogens with zero attached hydrogens (tertiary/aromatic N) is 1. The average Bonchev–Trinajstić information content (AvgIpc) is 2.61. The van der Waals surface area contributed by atoms with E-state index in [0.29, 0.717) is 17.9 Å². The van der Waals surface area contributed by atoms with Crippen LogP contribution in [0.15, 0.2) is 24.3 Å². The Labute approximate surface area is 160 Å². The fourth-order valence-corrected chi connectivity index (χ4v) is 5.89. The van der Waals surface area contributed by atoms with Gasteiger partial charge in [0, 0.05) is 11.1 Å². The summed E-state index contributed by atoms with van der Waals surface area (Å²) in [5, 5.41) is 0.658. The highest BCUT2D eigenvalue weighted by molar-refractivity contribution is 7.54. The number of fused-ring (bicyclic) bond motifs is 1. The molecule has 0 bridgehead atoms. The van der Waals surface area contributed by atoms with Crippen molar-refractivity contribution in [2.45, 2.75) is 76.2 Å². The third kappa shape index (κ3) is 4.01. The maximum absolute atomic E-state index is 13.2. The van der Waals surface area contributed by atoms with Gasteiger partial charge < -0.3 is 14.3 Å². The van der Waals surface area contributed by atoms with Gasteiger partial charge in [-0.2, -0.15) is 0 Å². The molecule has 144 valence electrons. The highest BCUT2D eigenvalue weighted by Gasteiger charge is 2.49. The Balaban J connectivity index is 1.86. The highest BCUT2D eigenvalue weighted by Crippen LogP contribution is 2.55. The van der Waals surface area contributed by atoms with Gasteiger partial charge in [0.15, 0.2) is 0 Å². The summed E-state index contributed by atoms with van der Waals surface area (Å²) >= 11 is 5.99. The summed E-state index contributed by atoms with van der Waals surface area (Å²) in [6.45, 7) is 3.65. The van der Waals surface area contributed by atoms with Crippen LogP contribution in [0.25, 0.3) is 0 Å². The zero-order valence-corrected chi connectivity index (χ0v) is 17.0. The molecule has 26 heavy (non-hydrogen) atoms. The summed E-state index contributed by atoms with van der Waals surface area (Å²) in [5.41, 5.74) is 0.0735. The van der Waals surface area contributed by atoms with Crippen LogP contribution in [0.2, 0.25) is 5.02 Å². The quantitative estimate of drug-likeness (QED) is 0.713. The zero-order chi connectivity index (χ0) is 18.9. The molecule has 0 radical (unpaired) electrons. The first kappa shape index (κ1) is 19.9. The van der Waals surface area contributed by atoms with Crippen LogP contribution in [-0.4, -0.2) is 33.5 Å². The first-order chi connectivity index (χ1) is 12.3. The molecule has 0 spiro atoms. The van der Waals surface area contributed by atoms with Crippen molar-refractivity contribution in [2.24, 2.45) is 0 Å². The van der Waals surface area contributed by atoms with E-state index in [2.05, 4.69) is 0 Å². The summed E-state index contributed by atoms with van der Waals surface area (Å²) in [4.78, 5) is 25.5. The monoisotopic (exact) mass is 399 g/mol. The minimum absolute atomic E-state index is 0.0649. The normalized spacial score (nSPS) is 29.8. The Kier molecular flexibility index (Phi) is 6.13. The van der Waals surface area contributed by atoms with E-state index >= 15 is 0 Å². The van der Waals surface area contributed by atoms with E-state index in [9.17, 15) is 14.3 Å². The molecule has 1 aromatic rings. The lowest BCUT2D eigenvalue weighted by molar-refractivity contribution is -0.142. The molecule has 0 aromatic heterocycles. The van der Waals surface area contributed by atoms with E-state index in [0.717, 1.165) is 31.2 Å². The molecule has 1 aromatic carbocycles. The molecule has 3 rings (SSSR count). The van der Waals surface area contributed by atoms with Crippen LogP contribution in [0.5, 0.6) is 0 Å². The molecule has 5 nitrogen and oxygen atoms in total. The Morgan fingerprint density at radius 2 is 1.96 bits per heavy atom. The summed E-state index contributed by atoms with van der Waals surface area (Å²) in [6.07, 6.45) is 4.30. The van der Waals surface area contributed by atoms with Crippen LogP contribution in [0.3, 0.4) is 0 Å². The number of amides is 1. The van der Waals surface area contributed by atoms with Crippen molar-refractivity contribution < 1.29 is 18.8 Å². The lowest BCUT2D eigenvalue weighted by Gasteiger charge is -2.47. The Morgan fingerprint density at radius 3 is 2.62 bits per heavy atom. The van der Waals surface area contributed by atoms with Crippen LogP contribution in [0, 0.1) is 0 Å². The molecular formula is C19H27ClNO4P. The van der Waals surface area contributed by atoms with Gasteiger partial charge >= 0.3 is 7.60 Å². The van der Waals surface area contributed by atoms with Crippen molar-refractivity contribution in [1.82, 2.24) is 4.90 Å². The van der Waals surface area contributed by atoms with Crippen molar-refractivity contribution >= 4 is 25.1 Å². The summed E-state index contributed by atoms with van der Waals surface area (Å²) in [5.74, 6) is -0.241. The SMILES string of the molecule is CCC(C)OP(=O)(O)C1CC[C@H]2CCC[C@@H](c3ccc(Cl)cc3)N2C1=O.